The number of carbonyl (C=O) groups excluding carboxylic acids is 1. The van der Waals surface area contributed by atoms with Crippen LogP contribution in [0.2, 0.25) is 0 Å². The van der Waals surface area contributed by atoms with E-state index in [0.29, 0.717) is 26.3 Å². The molecule has 274 valence electrons. The Morgan fingerprint density at radius 1 is 0.902 bits per heavy atom. The quantitative estimate of drug-likeness (QED) is 0.133. The molecule has 0 saturated carbocycles. The van der Waals surface area contributed by atoms with Crippen LogP contribution in [-0.2, 0) is 26.8 Å². The van der Waals surface area contributed by atoms with Gasteiger partial charge >= 0.3 is 10.1 Å². The van der Waals surface area contributed by atoms with Crippen LogP contribution >= 0.6 is 0 Å². The summed E-state index contributed by atoms with van der Waals surface area (Å²) in [5.74, 6) is 1.03. The molecule has 13 heteroatoms. The number of rotatable bonds is 14. The van der Waals surface area contributed by atoms with Gasteiger partial charge in [-0.05, 0) is 69.1 Å². The van der Waals surface area contributed by atoms with Gasteiger partial charge in [0.1, 0.15) is 0 Å². The van der Waals surface area contributed by atoms with E-state index in [9.17, 15) is 13.2 Å². The van der Waals surface area contributed by atoms with Gasteiger partial charge in [-0.25, -0.2) is 4.98 Å². The van der Waals surface area contributed by atoms with Crippen molar-refractivity contribution in [3.05, 3.63) is 77.9 Å². The standard InChI is InChI=1S/C38H49N5O7S/c1-5-49-25-24-43-32-15-10-9-14-31(32)39-37(43)41-19-11-18-40(22-23-41)20-16-38(30-12-7-6-8-13-30)17-21-42(28-38)36(44)29-26-33(47-2)35(48-3)34(27-29)50-51(4,45)46/h6-10,12-15,26-27H,5,11,16-25,28H2,1-4H3. The SMILES string of the molecule is CCOCCn1c(N2CCCN(CCC3(c4ccccc4)CCN(C(=O)c4cc(OC)c(OC)c(OS(C)(=O)=O)c4)C3)CC2)nc2ccccc21. The number of imidazole rings is 1. The Kier molecular flexibility index (Phi) is 11.4. The number of fused-ring (bicyclic) bond motifs is 1. The summed E-state index contributed by atoms with van der Waals surface area (Å²) in [6, 6.07) is 21.8. The molecule has 2 aliphatic heterocycles. The molecule has 4 aromatic rings. The number of nitrogens with zero attached hydrogens (tertiary/aromatic N) is 5. The molecule has 1 aromatic heterocycles. The lowest BCUT2D eigenvalue weighted by molar-refractivity contribution is 0.0780. The normalized spacial score (nSPS) is 18.6. The van der Waals surface area contributed by atoms with Crippen LogP contribution in [0.15, 0.2) is 66.7 Å². The summed E-state index contributed by atoms with van der Waals surface area (Å²) in [6.45, 7) is 9.81. The maximum Gasteiger partial charge on any atom is 0.306 e. The summed E-state index contributed by atoms with van der Waals surface area (Å²) in [5, 5.41) is 0. The molecule has 0 bridgehead atoms. The lowest BCUT2D eigenvalue weighted by atomic mass is 9.76. The van der Waals surface area contributed by atoms with Crippen LogP contribution in [0.1, 0.15) is 42.1 Å². The molecular weight excluding hydrogens is 671 g/mol. The average Bonchev–Trinajstić information content (AvgIpc) is 3.65. The molecule has 3 heterocycles. The van der Waals surface area contributed by atoms with Gasteiger partial charge < -0.3 is 37.7 Å². The summed E-state index contributed by atoms with van der Waals surface area (Å²) in [6.07, 6.45) is 3.67. The second-order valence-electron chi connectivity index (χ2n) is 13.3. The summed E-state index contributed by atoms with van der Waals surface area (Å²) in [7, 11) is -1.05. The number of carbonyl (C=O) groups is 1. The molecule has 1 amide bonds. The zero-order valence-corrected chi connectivity index (χ0v) is 30.9. The topological polar surface area (TPSA) is 116 Å². The molecule has 12 nitrogen and oxygen atoms in total. The zero-order chi connectivity index (χ0) is 36.0. The van der Waals surface area contributed by atoms with Gasteiger partial charge in [0.15, 0.2) is 11.5 Å². The number of hydrogen-bond acceptors (Lipinski definition) is 10. The fraction of sp³-hybridized carbons (Fsp3) is 0.474. The minimum Gasteiger partial charge on any atom is -0.493 e. The number of methoxy groups -OCH3 is 2. The van der Waals surface area contributed by atoms with Crippen molar-refractivity contribution in [2.24, 2.45) is 0 Å². The summed E-state index contributed by atoms with van der Waals surface area (Å²) >= 11 is 0. The lowest BCUT2D eigenvalue weighted by Crippen LogP contribution is -2.39. The predicted molar refractivity (Wildman–Crippen MR) is 198 cm³/mol. The fourth-order valence-electron chi connectivity index (χ4n) is 7.47. The van der Waals surface area contributed by atoms with Gasteiger partial charge in [0, 0.05) is 56.9 Å². The Labute approximate surface area is 301 Å². The number of hydrogen-bond donors (Lipinski definition) is 0. The Hall–Kier alpha value is -4.33. The van der Waals surface area contributed by atoms with Crippen molar-refractivity contribution < 1.29 is 31.6 Å². The van der Waals surface area contributed by atoms with Crippen LogP contribution in [0.3, 0.4) is 0 Å². The highest BCUT2D eigenvalue weighted by Gasteiger charge is 2.42. The number of aromatic nitrogens is 2. The van der Waals surface area contributed by atoms with Gasteiger partial charge in [0.2, 0.25) is 11.7 Å². The molecule has 0 spiro atoms. The fourth-order valence-corrected chi connectivity index (χ4v) is 7.92. The summed E-state index contributed by atoms with van der Waals surface area (Å²) < 4.78 is 48.1. The summed E-state index contributed by atoms with van der Waals surface area (Å²) in [4.78, 5) is 25.9. The summed E-state index contributed by atoms with van der Waals surface area (Å²) in [5.41, 5.74) is 3.38. The largest absolute Gasteiger partial charge is 0.493 e. The van der Waals surface area contributed by atoms with Gasteiger partial charge in [-0.2, -0.15) is 8.42 Å². The van der Waals surface area contributed by atoms with E-state index in [4.69, 9.17) is 23.4 Å². The molecule has 1 unspecified atom stereocenters. The Morgan fingerprint density at radius 2 is 1.67 bits per heavy atom. The molecule has 0 aliphatic carbocycles. The van der Waals surface area contributed by atoms with E-state index in [1.165, 1.54) is 25.8 Å². The molecule has 0 radical (unpaired) electrons. The third-order valence-electron chi connectivity index (χ3n) is 10.0. The molecular formula is C38H49N5O7S. The van der Waals surface area contributed by atoms with Crippen molar-refractivity contribution in [2.45, 2.75) is 38.1 Å². The Bertz CT molecular complexity index is 1920. The molecule has 3 aromatic carbocycles. The number of amides is 1. The third kappa shape index (κ3) is 8.26. The first-order valence-corrected chi connectivity index (χ1v) is 19.5. The molecule has 1 atom stereocenters. The first-order valence-electron chi connectivity index (χ1n) is 17.7. The van der Waals surface area contributed by atoms with Gasteiger partial charge in [-0.1, -0.05) is 42.5 Å². The van der Waals surface area contributed by atoms with E-state index in [1.54, 1.807) is 6.07 Å². The van der Waals surface area contributed by atoms with Gasteiger partial charge in [-0.15, -0.1) is 0 Å². The molecule has 2 saturated heterocycles. The van der Waals surface area contributed by atoms with E-state index < -0.39 is 10.1 Å². The van der Waals surface area contributed by atoms with Crippen molar-refractivity contribution in [1.82, 2.24) is 19.4 Å². The van der Waals surface area contributed by atoms with E-state index in [-0.39, 0.29) is 34.1 Å². The second kappa shape index (κ2) is 15.9. The van der Waals surface area contributed by atoms with Crippen LogP contribution in [0.4, 0.5) is 5.95 Å². The highest BCUT2D eigenvalue weighted by atomic mass is 32.2. The maximum atomic E-state index is 14.0. The van der Waals surface area contributed by atoms with Crippen LogP contribution in [0.5, 0.6) is 17.2 Å². The maximum absolute atomic E-state index is 14.0. The molecule has 2 aliphatic rings. The lowest BCUT2D eigenvalue weighted by Gasteiger charge is -2.33. The van der Waals surface area contributed by atoms with E-state index in [1.807, 2.05) is 24.0 Å². The Balaban J connectivity index is 1.18. The van der Waals surface area contributed by atoms with E-state index in [2.05, 4.69) is 56.8 Å². The van der Waals surface area contributed by atoms with Gasteiger partial charge in [0.25, 0.3) is 5.91 Å². The molecule has 0 N–H and O–H groups in total. The highest BCUT2D eigenvalue weighted by molar-refractivity contribution is 7.86. The number of likely N-dealkylation sites (tertiary alicyclic amines) is 1. The smallest absolute Gasteiger partial charge is 0.306 e. The van der Waals surface area contributed by atoms with E-state index in [0.717, 1.165) is 81.8 Å². The Morgan fingerprint density at radius 3 is 2.41 bits per heavy atom. The zero-order valence-electron chi connectivity index (χ0n) is 30.0. The predicted octanol–water partition coefficient (Wildman–Crippen LogP) is 4.81. The highest BCUT2D eigenvalue weighted by Crippen LogP contribution is 2.42. The van der Waals surface area contributed by atoms with Crippen LogP contribution in [0.25, 0.3) is 11.0 Å². The van der Waals surface area contributed by atoms with E-state index >= 15 is 0 Å². The van der Waals surface area contributed by atoms with Crippen molar-refractivity contribution in [2.75, 3.05) is 84.4 Å². The molecule has 51 heavy (non-hydrogen) atoms. The average molecular weight is 720 g/mol. The number of benzene rings is 3. The molecule has 2 fully saturated rings. The minimum atomic E-state index is -3.88. The van der Waals surface area contributed by atoms with Gasteiger partial charge in [0.05, 0.1) is 38.1 Å². The van der Waals surface area contributed by atoms with Crippen molar-refractivity contribution in [3.63, 3.8) is 0 Å². The minimum absolute atomic E-state index is 0.0868. The third-order valence-corrected chi connectivity index (χ3v) is 10.5. The first-order chi connectivity index (χ1) is 24.6. The van der Waals surface area contributed by atoms with Crippen LogP contribution in [0, 0.1) is 0 Å². The number of para-hydroxylation sites is 2. The van der Waals surface area contributed by atoms with Crippen LogP contribution < -0.4 is 18.6 Å². The second-order valence-corrected chi connectivity index (χ2v) is 14.9. The number of ether oxygens (including phenoxy) is 3. The number of anilines is 1. The first kappa shape index (κ1) is 36.5. The van der Waals surface area contributed by atoms with Crippen molar-refractivity contribution >= 4 is 33.0 Å². The van der Waals surface area contributed by atoms with Gasteiger partial charge in [-0.3, -0.25) is 4.79 Å². The van der Waals surface area contributed by atoms with Crippen molar-refractivity contribution in [1.29, 1.82) is 0 Å². The van der Waals surface area contributed by atoms with Crippen molar-refractivity contribution in [3.8, 4) is 17.2 Å². The molecule has 6 rings (SSSR count). The monoisotopic (exact) mass is 719 g/mol. The van der Waals surface area contributed by atoms with Crippen LogP contribution in [-0.4, -0.2) is 113 Å².